The van der Waals surface area contributed by atoms with Crippen LogP contribution in [0.25, 0.3) is 11.0 Å². The van der Waals surface area contributed by atoms with Crippen molar-refractivity contribution in [3.63, 3.8) is 0 Å². The zero-order valence-electron chi connectivity index (χ0n) is 17.1. The molecule has 0 unspecified atom stereocenters. The third kappa shape index (κ3) is 3.42. The van der Waals surface area contributed by atoms with E-state index in [0.717, 1.165) is 50.4 Å². The molecule has 10 nitrogen and oxygen atoms in total. The number of fused-ring (bicyclic) bond motifs is 1. The molecule has 2 fully saturated rings. The quantitative estimate of drug-likeness (QED) is 0.589. The summed E-state index contributed by atoms with van der Waals surface area (Å²) in [7, 11) is 0. The molecule has 0 saturated carbocycles. The topological polar surface area (TPSA) is 115 Å². The normalized spacial score (nSPS) is 17.1. The first-order valence-electron chi connectivity index (χ1n) is 10.5. The average molecular weight is 418 g/mol. The number of nitroso groups, excluding NO2 is 1. The van der Waals surface area contributed by atoms with Gasteiger partial charge in [-0.15, -0.1) is 4.91 Å². The maximum absolute atomic E-state index is 11.7. The average Bonchev–Trinajstić information content (AvgIpc) is 3.33. The third-order valence-electron chi connectivity index (χ3n) is 6.09. The number of hydrogen-bond donors (Lipinski definition) is 0. The Morgan fingerprint density at radius 3 is 2.39 bits per heavy atom. The second kappa shape index (κ2) is 8.18. The number of aromatic nitrogens is 3. The molecule has 0 atom stereocenters. The SMILES string of the molecule is N#Cc1cccnc1N1CCN(c2cc(N3CCCCC3)c(N=O)c3nonc23)CC1. The maximum atomic E-state index is 11.7. The van der Waals surface area contributed by atoms with E-state index < -0.39 is 0 Å². The van der Waals surface area contributed by atoms with Crippen molar-refractivity contribution in [3.05, 3.63) is 34.9 Å². The number of piperazine rings is 1. The van der Waals surface area contributed by atoms with E-state index in [1.54, 1.807) is 18.3 Å². The van der Waals surface area contributed by atoms with Crippen LogP contribution >= 0.6 is 0 Å². The summed E-state index contributed by atoms with van der Waals surface area (Å²) in [5.74, 6) is 0.715. The molecule has 5 rings (SSSR count). The highest BCUT2D eigenvalue weighted by molar-refractivity contribution is 6.01. The molecule has 3 aromatic rings. The number of piperidine rings is 1. The van der Waals surface area contributed by atoms with Crippen molar-refractivity contribution in [2.24, 2.45) is 5.18 Å². The van der Waals surface area contributed by atoms with Crippen molar-refractivity contribution >= 4 is 33.9 Å². The van der Waals surface area contributed by atoms with E-state index in [1.807, 2.05) is 6.07 Å². The molecule has 2 aliphatic heterocycles. The highest BCUT2D eigenvalue weighted by Crippen LogP contribution is 2.41. The van der Waals surface area contributed by atoms with Crippen LogP contribution in [0.15, 0.2) is 34.2 Å². The summed E-state index contributed by atoms with van der Waals surface area (Å²) in [6.45, 7) is 4.65. The Labute approximate surface area is 179 Å². The minimum Gasteiger partial charge on any atom is -0.370 e. The minimum atomic E-state index is 0.299. The smallest absolute Gasteiger partial charge is 0.168 e. The van der Waals surface area contributed by atoms with Crippen LogP contribution in [-0.4, -0.2) is 54.6 Å². The Hall–Kier alpha value is -3.74. The molecule has 1 aromatic carbocycles. The van der Waals surface area contributed by atoms with E-state index in [-0.39, 0.29) is 0 Å². The lowest BCUT2D eigenvalue weighted by Crippen LogP contribution is -2.47. The summed E-state index contributed by atoms with van der Waals surface area (Å²) >= 11 is 0. The van der Waals surface area contributed by atoms with Gasteiger partial charge in [0.2, 0.25) is 0 Å². The number of nitriles is 1. The van der Waals surface area contributed by atoms with E-state index in [2.05, 4.69) is 41.2 Å². The fourth-order valence-corrected chi connectivity index (χ4v) is 4.50. The van der Waals surface area contributed by atoms with Gasteiger partial charge in [-0.25, -0.2) is 9.61 Å². The predicted molar refractivity (Wildman–Crippen MR) is 117 cm³/mol. The first-order valence-corrected chi connectivity index (χ1v) is 10.5. The van der Waals surface area contributed by atoms with Crippen molar-refractivity contribution in [3.8, 4) is 6.07 Å². The molecule has 0 spiro atoms. The number of rotatable bonds is 4. The number of anilines is 3. The van der Waals surface area contributed by atoms with Crippen LogP contribution in [0.4, 0.5) is 22.9 Å². The number of hydrogen-bond acceptors (Lipinski definition) is 10. The molecule has 0 aliphatic carbocycles. The van der Waals surface area contributed by atoms with E-state index in [9.17, 15) is 10.2 Å². The molecule has 10 heteroatoms. The highest BCUT2D eigenvalue weighted by atomic mass is 16.6. The second-order valence-corrected chi connectivity index (χ2v) is 7.82. The van der Waals surface area contributed by atoms with E-state index in [1.165, 1.54) is 6.42 Å². The summed E-state index contributed by atoms with van der Waals surface area (Å²) in [6.07, 6.45) is 5.09. The van der Waals surface area contributed by atoms with Crippen molar-refractivity contribution < 1.29 is 4.63 Å². The predicted octanol–water partition coefficient (Wildman–Crippen LogP) is 3.20. The zero-order chi connectivity index (χ0) is 21.2. The van der Waals surface area contributed by atoms with E-state index in [4.69, 9.17) is 4.63 Å². The van der Waals surface area contributed by atoms with Crippen LogP contribution in [0, 0.1) is 16.2 Å². The molecule has 0 radical (unpaired) electrons. The van der Waals surface area contributed by atoms with Crippen molar-refractivity contribution in [1.29, 1.82) is 5.26 Å². The lowest BCUT2D eigenvalue weighted by molar-refractivity contribution is 0.315. The zero-order valence-corrected chi connectivity index (χ0v) is 17.1. The van der Waals surface area contributed by atoms with E-state index in [0.29, 0.717) is 41.2 Å². The molecule has 0 amide bonds. The Kier molecular flexibility index (Phi) is 5.08. The van der Waals surface area contributed by atoms with Gasteiger partial charge in [0, 0.05) is 45.5 Å². The van der Waals surface area contributed by atoms with Crippen LogP contribution in [0.2, 0.25) is 0 Å². The Morgan fingerprint density at radius 2 is 1.65 bits per heavy atom. The first kappa shape index (κ1) is 19.2. The van der Waals surface area contributed by atoms with Gasteiger partial charge in [-0.05, 0) is 53.0 Å². The van der Waals surface area contributed by atoms with Gasteiger partial charge in [-0.2, -0.15) is 5.26 Å². The molecule has 2 aromatic heterocycles. The van der Waals surface area contributed by atoms with Crippen molar-refractivity contribution in [1.82, 2.24) is 15.3 Å². The van der Waals surface area contributed by atoms with Crippen LogP contribution in [0.1, 0.15) is 24.8 Å². The Balaban J connectivity index is 1.46. The lowest BCUT2D eigenvalue weighted by atomic mass is 10.1. The Morgan fingerprint density at radius 1 is 0.935 bits per heavy atom. The molecule has 31 heavy (non-hydrogen) atoms. The molecule has 158 valence electrons. The molecule has 0 N–H and O–H groups in total. The van der Waals surface area contributed by atoms with Gasteiger partial charge in [-0.1, -0.05) is 0 Å². The number of benzene rings is 1. The van der Waals surface area contributed by atoms with Gasteiger partial charge in [0.1, 0.15) is 11.9 Å². The first-order chi connectivity index (χ1) is 15.3. The largest absolute Gasteiger partial charge is 0.370 e. The second-order valence-electron chi connectivity index (χ2n) is 7.82. The lowest BCUT2D eigenvalue weighted by Gasteiger charge is -2.37. The van der Waals surface area contributed by atoms with Crippen LogP contribution in [0.3, 0.4) is 0 Å². The molecule has 4 heterocycles. The fraction of sp³-hybridized carbons (Fsp3) is 0.429. The molecule has 0 bridgehead atoms. The van der Waals surface area contributed by atoms with Crippen molar-refractivity contribution in [2.75, 3.05) is 54.0 Å². The highest BCUT2D eigenvalue weighted by Gasteiger charge is 2.27. The maximum Gasteiger partial charge on any atom is 0.168 e. The Bertz CT molecular complexity index is 1140. The summed E-state index contributed by atoms with van der Waals surface area (Å²) in [6, 6.07) is 7.79. The van der Waals surface area contributed by atoms with E-state index >= 15 is 0 Å². The van der Waals surface area contributed by atoms with Crippen LogP contribution in [0.5, 0.6) is 0 Å². The third-order valence-corrected chi connectivity index (χ3v) is 6.09. The molecular weight excluding hydrogens is 396 g/mol. The van der Waals surface area contributed by atoms with Crippen LogP contribution in [-0.2, 0) is 0 Å². The number of pyridine rings is 1. The van der Waals surface area contributed by atoms with Gasteiger partial charge in [-0.3, -0.25) is 0 Å². The van der Waals surface area contributed by atoms with Crippen molar-refractivity contribution in [2.45, 2.75) is 19.3 Å². The van der Waals surface area contributed by atoms with Gasteiger partial charge in [0.15, 0.2) is 16.7 Å². The molecule has 2 aliphatic rings. The molecule has 2 saturated heterocycles. The standard InChI is InChI=1S/C21H22N8O2/c22-14-15-5-4-6-23-21(15)29-11-9-28(10-12-29)17-13-16(27-7-2-1-3-8-27)18(24-30)20-19(17)25-31-26-20/h4-6,13H,1-3,7-12H2. The van der Waals surface area contributed by atoms with Gasteiger partial charge in [0.25, 0.3) is 0 Å². The summed E-state index contributed by atoms with van der Waals surface area (Å²) in [5, 5.41) is 20.7. The molecular formula is C21H22N8O2. The number of nitrogens with zero attached hydrogens (tertiary/aromatic N) is 8. The van der Waals surface area contributed by atoms with Gasteiger partial charge >= 0.3 is 0 Å². The fourth-order valence-electron chi connectivity index (χ4n) is 4.50. The summed E-state index contributed by atoms with van der Waals surface area (Å²) in [4.78, 5) is 22.7. The monoisotopic (exact) mass is 418 g/mol. The van der Waals surface area contributed by atoms with Crippen LogP contribution < -0.4 is 14.7 Å². The minimum absolute atomic E-state index is 0.299. The summed E-state index contributed by atoms with van der Waals surface area (Å²) in [5.41, 5.74) is 3.53. The van der Waals surface area contributed by atoms with Gasteiger partial charge < -0.3 is 14.7 Å². The van der Waals surface area contributed by atoms with Gasteiger partial charge in [0.05, 0.1) is 16.9 Å². The summed E-state index contributed by atoms with van der Waals surface area (Å²) < 4.78 is 5.00.